The number of carbonyl (C=O) groups excluding carboxylic acids is 2. The van der Waals surface area contributed by atoms with E-state index < -0.39 is 0 Å². The zero-order chi connectivity index (χ0) is 20.4. The molecule has 4 rings (SSSR count). The van der Waals surface area contributed by atoms with Gasteiger partial charge in [-0.25, -0.2) is 9.97 Å². The monoisotopic (exact) mass is 447 g/mol. The second-order valence-corrected chi connectivity index (χ2v) is 9.50. The fourth-order valence-corrected chi connectivity index (χ4v) is 5.25. The van der Waals surface area contributed by atoms with E-state index in [2.05, 4.69) is 14.9 Å². The van der Waals surface area contributed by atoms with Gasteiger partial charge in [0.25, 0.3) is 0 Å². The molecule has 1 saturated heterocycles. The number of nitrogen functional groups attached to an aromatic ring is 1. The van der Waals surface area contributed by atoms with Gasteiger partial charge < -0.3 is 15.4 Å². The maximum atomic E-state index is 12.5. The van der Waals surface area contributed by atoms with Crippen molar-refractivity contribution in [3.05, 3.63) is 44.7 Å². The summed E-state index contributed by atoms with van der Waals surface area (Å²) < 4.78 is 1.54. The second kappa shape index (κ2) is 8.58. The topological polar surface area (TPSA) is 92.4 Å². The zero-order valence-electron chi connectivity index (χ0n) is 15.3. The summed E-state index contributed by atoms with van der Waals surface area (Å²) in [5, 5.41) is 0. The van der Waals surface area contributed by atoms with Crippen LogP contribution in [0.4, 0.5) is 5.82 Å². The number of carbonyl (C=O) groups is 2. The van der Waals surface area contributed by atoms with Gasteiger partial charge in [0.1, 0.15) is 18.4 Å². The minimum atomic E-state index is -0.356. The van der Waals surface area contributed by atoms with Crippen LogP contribution in [0.25, 0.3) is 16.3 Å². The smallest absolute Gasteiger partial charge is 0.246 e. The van der Waals surface area contributed by atoms with E-state index in [0.717, 1.165) is 26.3 Å². The molecule has 1 amide bonds. The molecule has 2 N–H and O–H groups in total. The largest absolute Gasteiger partial charge is 0.382 e. The molecule has 10 heteroatoms. The van der Waals surface area contributed by atoms with Crippen molar-refractivity contribution < 1.29 is 9.59 Å². The highest BCUT2D eigenvalue weighted by Gasteiger charge is 2.29. The van der Waals surface area contributed by atoms with Crippen molar-refractivity contribution in [2.75, 3.05) is 25.4 Å². The van der Waals surface area contributed by atoms with Gasteiger partial charge in [-0.3, -0.25) is 9.69 Å². The first kappa shape index (κ1) is 20.0. The van der Waals surface area contributed by atoms with Crippen molar-refractivity contribution >= 4 is 68.6 Å². The lowest BCUT2D eigenvalue weighted by atomic mass is 10.1. The summed E-state index contributed by atoms with van der Waals surface area (Å²) in [5.41, 5.74) is 6.72. The van der Waals surface area contributed by atoms with Crippen LogP contribution in [0.5, 0.6) is 0 Å². The molecule has 3 aromatic rings. The number of aromatic nitrogens is 2. The molecule has 4 heterocycles. The van der Waals surface area contributed by atoms with Crippen LogP contribution in [-0.2, 0) is 16.1 Å². The second-order valence-electron chi connectivity index (χ2n) is 6.62. The summed E-state index contributed by atoms with van der Waals surface area (Å²) >= 11 is 8.86. The lowest BCUT2D eigenvalue weighted by molar-refractivity contribution is -0.130. The SMILES string of the molecule is Nc1ncnc2cc(CN3CCN(C(=O)C=Cc4ccc(Cl)s4)CC3C=O)sc12. The first-order valence-electron chi connectivity index (χ1n) is 8.94. The number of amides is 1. The van der Waals surface area contributed by atoms with Gasteiger partial charge in [0.05, 0.1) is 20.6 Å². The third-order valence-electron chi connectivity index (χ3n) is 4.74. The first-order valence-corrected chi connectivity index (χ1v) is 10.9. The highest BCUT2D eigenvalue weighted by atomic mass is 35.5. The van der Waals surface area contributed by atoms with Gasteiger partial charge in [0.15, 0.2) is 0 Å². The molecule has 1 aliphatic rings. The maximum absolute atomic E-state index is 12.5. The molecule has 1 aliphatic heterocycles. The Balaban J connectivity index is 1.41. The predicted molar refractivity (Wildman–Crippen MR) is 117 cm³/mol. The van der Waals surface area contributed by atoms with E-state index in [4.69, 9.17) is 17.3 Å². The third kappa shape index (κ3) is 4.48. The molecule has 0 spiro atoms. The maximum Gasteiger partial charge on any atom is 0.246 e. The van der Waals surface area contributed by atoms with Gasteiger partial charge in [-0.1, -0.05) is 11.6 Å². The number of hydrogen-bond acceptors (Lipinski definition) is 8. The van der Waals surface area contributed by atoms with Gasteiger partial charge in [0, 0.05) is 42.0 Å². The molecule has 7 nitrogen and oxygen atoms in total. The van der Waals surface area contributed by atoms with Crippen LogP contribution in [-0.4, -0.2) is 57.6 Å². The molecular weight excluding hydrogens is 430 g/mol. The number of halogens is 1. The van der Waals surface area contributed by atoms with E-state index in [1.54, 1.807) is 17.0 Å². The van der Waals surface area contributed by atoms with Crippen LogP contribution < -0.4 is 5.73 Å². The number of fused-ring (bicyclic) bond motifs is 1. The lowest BCUT2D eigenvalue weighted by Gasteiger charge is -2.38. The first-order chi connectivity index (χ1) is 14.0. The Morgan fingerprint density at radius 3 is 2.90 bits per heavy atom. The lowest BCUT2D eigenvalue weighted by Crippen LogP contribution is -2.54. The number of nitrogens with zero attached hydrogens (tertiary/aromatic N) is 4. The van der Waals surface area contributed by atoms with Crippen LogP contribution >= 0.6 is 34.3 Å². The van der Waals surface area contributed by atoms with Crippen molar-refractivity contribution in [1.82, 2.24) is 19.8 Å². The van der Waals surface area contributed by atoms with Crippen LogP contribution in [0.3, 0.4) is 0 Å². The summed E-state index contributed by atoms with van der Waals surface area (Å²) in [7, 11) is 0. The summed E-state index contributed by atoms with van der Waals surface area (Å²) in [5.74, 6) is 0.360. The Morgan fingerprint density at radius 2 is 2.17 bits per heavy atom. The Hall–Kier alpha value is -2.33. The summed E-state index contributed by atoms with van der Waals surface area (Å²) in [6, 6.07) is 5.29. The molecule has 0 aromatic carbocycles. The van der Waals surface area contributed by atoms with Crippen molar-refractivity contribution in [2.45, 2.75) is 12.6 Å². The van der Waals surface area contributed by atoms with Crippen LogP contribution in [0, 0.1) is 0 Å². The van der Waals surface area contributed by atoms with Crippen molar-refractivity contribution in [3.8, 4) is 0 Å². The van der Waals surface area contributed by atoms with E-state index in [9.17, 15) is 9.59 Å². The molecule has 0 saturated carbocycles. The Kier molecular flexibility index (Phi) is 5.91. The molecule has 0 aliphatic carbocycles. The average molecular weight is 448 g/mol. The van der Waals surface area contributed by atoms with Gasteiger partial charge in [-0.2, -0.15) is 0 Å². The fourth-order valence-electron chi connectivity index (χ4n) is 3.25. The van der Waals surface area contributed by atoms with Crippen LogP contribution in [0.2, 0.25) is 4.34 Å². The molecule has 1 atom stereocenters. The number of thiophene rings is 2. The highest BCUT2D eigenvalue weighted by Crippen LogP contribution is 2.29. The molecular formula is C19H18ClN5O2S2. The Bertz CT molecular complexity index is 1080. The van der Waals surface area contributed by atoms with E-state index >= 15 is 0 Å². The average Bonchev–Trinajstić information content (AvgIpc) is 3.32. The number of aldehydes is 1. The zero-order valence-corrected chi connectivity index (χ0v) is 17.7. The number of nitrogens with two attached hydrogens (primary N) is 1. The fraction of sp³-hybridized carbons (Fsp3) is 0.263. The number of hydrogen-bond donors (Lipinski definition) is 1. The van der Waals surface area contributed by atoms with E-state index in [1.165, 1.54) is 35.1 Å². The van der Waals surface area contributed by atoms with Crippen LogP contribution in [0.15, 0.2) is 30.6 Å². The highest BCUT2D eigenvalue weighted by molar-refractivity contribution is 7.19. The van der Waals surface area contributed by atoms with E-state index in [0.29, 0.717) is 36.3 Å². The molecule has 29 heavy (non-hydrogen) atoms. The number of piperazine rings is 1. The molecule has 150 valence electrons. The molecule has 0 radical (unpaired) electrons. The van der Waals surface area contributed by atoms with Gasteiger partial charge in [-0.15, -0.1) is 22.7 Å². The minimum absolute atomic E-state index is 0.106. The summed E-state index contributed by atoms with van der Waals surface area (Å²) in [6.45, 7) is 2.15. The molecule has 0 bridgehead atoms. The Labute approximate surface area is 180 Å². The molecule has 1 unspecified atom stereocenters. The number of rotatable bonds is 5. The molecule has 3 aromatic heterocycles. The Morgan fingerprint density at radius 1 is 1.31 bits per heavy atom. The van der Waals surface area contributed by atoms with Crippen molar-refractivity contribution in [3.63, 3.8) is 0 Å². The van der Waals surface area contributed by atoms with E-state index in [-0.39, 0.29) is 11.9 Å². The molecule has 1 fully saturated rings. The summed E-state index contributed by atoms with van der Waals surface area (Å²) in [6.07, 6.45) is 5.64. The van der Waals surface area contributed by atoms with Crippen molar-refractivity contribution in [1.29, 1.82) is 0 Å². The van der Waals surface area contributed by atoms with Gasteiger partial charge in [0.2, 0.25) is 5.91 Å². The van der Waals surface area contributed by atoms with Gasteiger partial charge in [-0.05, 0) is 24.3 Å². The minimum Gasteiger partial charge on any atom is -0.382 e. The quantitative estimate of drug-likeness (QED) is 0.477. The predicted octanol–water partition coefficient (Wildman–Crippen LogP) is 2.91. The number of anilines is 1. The normalized spacial score (nSPS) is 18.0. The van der Waals surface area contributed by atoms with Crippen molar-refractivity contribution in [2.24, 2.45) is 0 Å². The standard InChI is InChI=1S/C19H18ClN5O2S2/c20-16-3-1-13(28-16)2-4-17(27)25-6-5-24(12(8-25)10-26)9-14-7-15-18(29-14)19(21)23-11-22-15/h1-4,7,10-12H,5-6,8-9H2,(H2,21,22,23). The van der Waals surface area contributed by atoms with E-state index in [1.807, 2.05) is 12.1 Å². The van der Waals surface area contributed by atoms with Gasteiger partial charge >= 0.3 is 0 Å². The third-order valence-corrected chi connectivity index (χ3v) is 7.06. The van der Waals surface area contributed by atoms with Crippen LogP contribution in [0.1, 0.15) is 9.75 Å². The summed E-state index contributed by atoms with van der Waals surface area (Å²) in [4.78, 5) is 38.2.